The number of aliphatic carboxylic acids is 2. The quantitative estimate of drug-likeness (QED) is 0.193. The lowest BCUT2D eigenvalue weighted by Crippen LogP contribution is -2.67. The Morgan fingerprint density at radius 3 is 1.88 bits per heavy atom. The average Bonchev–Trinajstić information content (AvgIpc) is 3.37. The predicted octanol–water partition coefficient (Wildman–Crippen LogP) is 9.18. The first-order chi connectivity index (χ1) is 23.2. The Balaban J connectivity index is 1.35. The minimum atomic E-state index is -0.882. The molecule has 5 aliphatic carbocycles. The molecule has 0 amide bonds. The van der Waals surface area contributed by atoms with Crippen LogP contribution in [-0.4, -0.2) is 46.8 Å². The maximum Gasteiger partial charge on any atom is 0.306 e. The lowest BCUT2D eigenvalue weighted by Gasteiger charge is -2.73. The van der Waals surface area contributed by atoms with Gasteiger partial charge in [-0.15, -0.1) is 0 Å². The summed E-state index contributed by atoms with van der Waals surface area (Å²) in [5.74, 6) is 0.542. The van der Waals surface area contributed by atoms with Crippen molar-refractivity contribution in [3.05, 3.63) is 0 Å². The number of carbonyl (C=O) groups is 4. The molecule has 284 valence electrons. The maximum atomic E-state index is 13.0. The third kappa shape index (κ3) is 6.76. The van der Waals surface area contributed by atoms with Crippen LogP contribution in [0.1, 0.15) is 152 Å². The molecule has 0 bridgehead atoms. The molecule has 12 atom stereocenters. The normalized spacial score (nSPS) is 41.5. The van der Waals surface area contributed by atoms with Crippen molar-refractivity contribution in [3.8, 4) is 0 Å². The summed E-state index contributed by atoms with van der Waals surface area (Å²) in [5, 5.41) is 18.3. The smallest absolute Gasteiger partial charge is 0.306 e. The van der Waals surface area contributed by atoms with Gasteiger partial charge in [0, 0.05) is 36.5 Å². The SMILES string of the molecule is CC(CC(=O)O)CC(=O)OCC12CCC(C(C)C)C1C1CCC3C4(C)CCC(OC(=O)CC(C)CC(=O)O)C(C)(C)C4CCC3(C)C1(C)CC2. The highest BCUT2D eigenvalue weighted by Gasteiger charge is 2.71. The number of carboxylic acids is 2. The zero-order chi connectivity index (χ0) is 37.0. The highest BCUT2D eigenvalue weighted by Crippen LogP contribution is 2.77. The second-order valence-electron chi connectivity index (χ2n) is 19.8. The second kappa shape index (κ2) is 14.0. The summed E-state index contributed by atoms with van der Waals surface area (Å²) in [5.41, 5.74) is 0.351. The summed E-state index contributed by atoms with van der Waals surface area (Å²) in [6, 6.07) is 0. The first-order valence-electron chi connectivity index (χ1n) is 20.0. The van der Waals surface area contributed by atoms with Crippen LogP contribution >= 0.6 is 0 Å². The van der Waals surface area contributed by atoms with Crippen LogP contribution in [-0.2, 0) is 28.7 Å². The minimum absolute atomic E-state index is 0.000992. The molecule has 12 unspecified atom stereocenters. The van der Waals surface area contributed by atoms with Crippen molar-refractivity contribution in [2.45, 2.75) is 158 Å². The van der Waals surface area contributed by atoms with E-state index in [0.717, 1.165) is 38.5 Å². The van der Waals surface area contributed by atoms with Crippen LogP contribution in [0.2, 0.25) is 0 Å². The molecule has 5 fully saturated rings. The molecule has 2 N–H and O–H groups in total. The molecular formula is C42H68O8. The van der Waals surface area contributed by atoms with Gasteiger partial charge in [0.15, 0.2) is 0 Å². The number of fused-ring (bicyclic) bond motifs is 7. The van der Waals surface area contributed by atoms with Gasteiger partial charge in [-0.25, -0.2) is 0 Å². The van der Waals surface area contributed by atoms with Crippen molar-refractivity contribution < 1.29 is 38.9 Å². The minimum Gasteiger partial charge on any atom is -0.481 e. The Morgan fingerprint density at radius 1 is 0.660 bits per heavy atom. The Labute approximate surface area is 301 Å². The van der Waals surface area contributed by atoms with E-state index >= 15 is 0 Å². The van der Waals surface area contributed by atoms with Crippen molar-refractivity contribution in [3.63, 3.8) is 0 Å². The first kappa shape index (κ1) is 39.1. The largest absolute Gasteiger partial charge is 0.481 e. The number of carbonyl (C=O) groups excluding carboxylic acids is 2. The van der Waals surface area contributed by atoms with E-state index in [2.05, 4.69) is 48.5 Å². The van der Waals surface area contributed by atoms with Crippen LogP contribution < -0.4 is 0 Å². The van der Waals surface area contributed by atoms with E-state index in [1.807, 2.05) is 6.92 Å². The monoisotopic (exact) mass is 700 g/mol. The van der Waals surface area contributed by atoms with E-state index in [-0.39, 0.29) is 82.6 Å². The fourth-order valence-corrected chi connectivity index (χ4v) is 13.8. The first-order valence-corrected chi connectivity index (χ1v) is 20.0. The molecule has 0 aliphatic heterocycles. The lowest BCUT2D eigenvalue weighted by atomic mass is 9.32. The van der Waals surface area contributed by atoms with E-state index in [1.54, 1.807) is 6.92 Å². The van der Waals surface area contributed by atoms with Gasteiger partial charge in [0.05, 0.1) is 6.61 Å². The summed E-state index contributed by atoms with van der Waals surface area (Å²) < 4.78 is 12.3. The highest BCUT2D eigenvalue weighted by atomic mass is 16.5. The van der Waals surface area contributed by atoms with E-state index in [9.17, 15) is 24.3 Å². The summed E-state index contributed by atoms with van der Waals surface area (Å²) in [6.45, 7) is 21.3. The van der Waals surface area contributed by atoms with Crippen LogP contribution in [0.5, 0.6) is 0 Å². The van der Waals surface area contributed by atoms with Crippen LogP contribution in [0.3, 0.4) is 0 Å². The third-order valence-electron chi connectivity index (χ3n) is 16.3. The van der Waals surface area contributed by atoms with E-state index < -0.39 is 11.9 Å². The molecule has 0 aromatic carbocycles. The molecule has 5 saturated carbocycles. The standard InChI is InChI=1S/C42H68O8/c1-25(2)28-12-17-42(24-49-35(47)22-26(3)20-33(43)44)19-18-40(8)29(37(28)42)10-11-31-39(7)15-14-32(50-36(48)23-27(4)21-34(45)46)38(5,6)30(39)13-16-41(31,40)9/h25-32,37H,10-24H2,1-9H3,(H,43,44)(H,45,46). The van der Waals surface area contributed by atoms with Crippen molar-refractivity contribution in [2.24, 2.45) is 74.4 Å². The molecule has 0 radical (unpaired) electrons. The topological polar surface area (TPSA) is 127 Å². The summed E-state index contributed by atoms with van der Waals surface area (Å²) in [4.78, 5) is 48.4. The van der Waals surface area contributed by atoms with E-state index in [4.69, 9.17) is 14.6 Å². The molecule has 8 heteroatoms. The second-order valence-corrected chi connectivity index (χ2v) is 19.8. The number of hydrogen-bond acceptors (Lipinski definition) is 6. The molecule has 0 aromatic rings. The van der Waals surface area contributed by atoms with Crippen LogP contribution in [0.4, 0.5) is 0 Å². The molecule has 0 saturated heterocycles. The maximum absolute atomic E-state index is 13.0. The van der Waals surface area contributed by atoms with Gasteiger partial charge in [0.2, 0.25) is 0 Å². The Hall–Kier alpha value is -2.12. The summed E-state index contributed by atoms with van der Waals surface area (Å²) >= 11 is 0. The molecule has 5 rings (SSSR count). The predicted molar refractivity (Wildman–Crippen MR) is 192 cm³/mol. The van der Waals surface area contributed by atoms with Crippen molar-refractivity contribution in [1.29, 1.82) is 0 Å². The van der Waals surface area contributed by atoms with Gasteiger partial charge in [-0.1, -0.05) is 62.3 Å². The van der Waals surface area contributed by atoms with Gasteiger partial charge in [-0.3, -0.25) is 19.2 Å². The van der Waals surface area contributed by atoms with Crippen LogP contribution in [0, 0.1) is 74.4 Å². The van der Waals surface area contributed by atoms with Gasteiger partial charge in [0.1, 0.15) is 6.10 Å². The number of rotatable bonds is 12. The molecule has 0 heterocycles. The summed E-state index contributed by atoms with van der Waals surface area (Å²) in [6.07, 6.45) is 11.2. The molecule has 5 aliphatic rings. The number of carboxylic acid groups (broad SMARTS) is 2. The van der Waals surface area contributed by atoms with E-state index in [1.165, 1.54) is 25.7 Å². The molecular weight excluding hydrogens is 632 g/mol. The lowest BCUT2D eigenvalue weighted by molar-refractivity contribution is -0.253. The Bertz CT molecular complexity index is 1310. The van der Waals surface area contributed by atoms with Gasteiger partial charge >= 0.3 is 23.9 Å². The Kier molecular flexibility index (Phi) is 11.0. The van der Waals surface area contributed by atoms with Gasteiger partial charge < -0.3 is 19.7 Å². The average molecular weight is 701 g/mol. The van der Waals surface area contributed by atoms with Crippen molar-refractivity contribution in [1.82, 2.24) is 0 Å². The zero-order valence-corrected chi connectivity index (χ0v) is 32.6. The fraction of sp³-hybridized carbons (Fsp3) is 0.905. The zero-order valence-electron chi connectivity index (χ0n) is 32.6. The number of hydrogen-bond donors (Lipinski definition) is 2. The van der Waals surface area contributed by atoms with Gasteiger partial charge in [-0.05, 0) is 128 Å². The van der Waals surface area contributed by atoms with Crippen molar-refractivity contribution in [2.75, 3.05) is 6.61 Å². The Morgan fingerprint density at radius 2 is 1.28 bits per heavy atom. The third-order valence-corrected chi connectivity index (χ3v) is 16.3. The fourth-order valence-electron chi connectivity index (χ4n) is 13.8. The van der Waals surface area contributed by atoms with Gasteiger partial charge in [-0.2, -0.15) is 0 Å². The van der Waals surface area contributed by atoms with Crippen molar-refractivity contribution >= 4 is 23.9 Å². The molecule has 0 aromatic heterocycles. The van der Waals surface area contributed by atoms with Crippen LogP contribution in [0.25, 0.3) is 0 Å². The molecule has 8 nitrogen and oxygen atoms in total. The number of ether oxygens (including phenoxy) is 2. The summed E-state index contributed by atoms with van der Waals surface area (Å²) in [7, 11) is 0. The molecule has 0 spiro atoms. The highest BCUT2D eigenvalue weighted by molar-refractivity contribution is 5.73. The van der Waals surface area contributed by atoms with E-state index in [0.29, 0.717) is 42.1 Å². The molecule has 50 heavy (non-hydrogen) atoms. The number of esters is 2. The van der Waals surface area contributed by atoms with Crippen LogP contribution in [0.15, 0.2) is 0 Å². The van der Waals surface area contributed by atoms with Gasteiger partial charge in [0.25, 0.3) is 0 Å².